The van der Waals surface area contributed by atoms with Crippen molar-refractivity contribution in [3.63, 3.8) is 0 Å². The van der Waals surface area contributed by atoms with Gasteiger partial charge in [-0.3, -0.25) is 14.0 Å². The summed E-state index contributed by atoms with van der Waals surface area (Å²) in [4.78, 5) is 19.5. The predicted octanol–water partition coefficient (Wildman–Crippen LogP) is 3.75. The van der Waals surface area contributed by atoms with Crippen molar-refractivity contribution in [2.45, 2.75) is 19.4 Å². The van der Waals surface area contributed by atoms with Crippen LogP contribution in [0.4, 0.5) is 11.4 Å². The van der Waals surface area contributed by atoms with Crippen LogP contribution in [0, 0.1) is 5.92 Å². The topological polar surface area (TPSA) is 109 Å². The summed E-state index contributed by atoms with van der Waals surface area (Å²) in [6.45, 7) is 2.02. The molecule has 0 radical (unpaired) electrons. The SMILES string of the molecule is CN(c1cccc(NC(=O)C2CCN(Cc3nc(-c4ccc(Br)cc4)no3)CC2)c1)S(C)(=O)=O. The Morgan fingerprint density at radius 2 is 1.91 bits per heavy atom. The number of sulfonamides is 1. The monoisotopic (exact) mass is 547 g/mol. The summed E-state index contributed by atoms with van der Waals surface area (Å²) in [6, 6.07) is 14.5. The second kappa shape index (κ2) is 10.2. The minimum atomic E-state index is -3.37. The minimum absolute atomic E-state index is 0.0610. The molecule has 11 heteroatoms. The van der Waals surface area contributed by atoms with Gasteiger partial charge in [-0.05, 0) is 68.4 Å². The van der Waals surface area contributed by atoms with Crippen LogP contribution in [0.15, 0.2) is 57.5 Å². The number of nitrogens with zero attached hydrogens (tertiary/aromatic N) is 4. The lowest BCUT2D eigenvalue weighted by atomic mass is 9.96. The van der Waals surface area contributed by atoms with Crippen molar-refractivity contribution in [3.8, 4) is 11.4 Å². The standard InChI is InChI=1S/C23H26BrN5O4S/c1-28(34(2,31)32)20-5-3-4-19(14-20)25-23(30)17-10-12-29(13-11-17)15-21-26-22(27-33-21)16-6-8-18(24)9-7-16/h3-9,14,17H,10-13,15H2,1-2H3,(H,25,30). The largest absolute Gasteiger partial charge is 0.338 e. The molecule has 1 fully saturated rings. The van der Waals surface area contributed by atoms with Gasteiger partial charge in [0, 0.05) is 28.7 Å². The Hall–Kier alpha value is -2.76. The number of carbonyl (C=O) groups is 1. The van der Waals surface area contributed by atoms with Crippen LogP contribution in [-0.4, -0.2) is 55.8 Å². The second-order valence-electron chi connectivity index (χ2n) is 8.34. The lowest BCUT2D eigenvalue weighted by Crippen LogP contribution is -2.37. The molecule has 0 unspecified atom stereocenters. The van der Waals surface area contributed by atoms with Gasteiger partial charge in [0.25, 0.3) is 0 Å². The molecule has 34 heavy (non-hydrogen) atoms. The number of halogens is 1. The lowest BCUT2D eigenvalue weighted by Gasteiger charge is -2.30. The minimum Gasteiger partial charge on any atom is -0.338 e. The molecule has 9 nitrogen and oxygen atoms in total. The summed E-state index contributed by atoms with van der Waals surface area (Å²) >= 11 is 3.41. The van der Waals surface area contributed by atoms with Gasteiger partial charge in [0.15, 0.2) is 0 Å². The number of carbonyl (C=O) groups excluding carboxylic acids is 1. The molecule has 1 saturated heterocycles. The Morgan fingerprint density at radius 3 is 2.59 bits per heavy atom. The Balaban J connectivity index is 1.29. The van der Waals surface area contributed by atoms with E-state index in [2.05, 4.69) is 36.3 Å². The summed E-state index contributed by atoms with van der Waals surface area (Å²) in [5.41, 5.74) is 1.96. The lowest BCUT2D eigenvalue weighted by molar-refractivity contribution is -0.121. The van der Waals surface area contributed by atoms with Crippen LogP contribution < -0.4 is 9.62 Å². The highest BCUT2D eigenvalue weighted by Gasteiger charge is 2.26. The molecular formula is C23H26BrN5O4S. The molecule has 4 rings (SSSR count). The molecule has 0 saturated carbocycles. The molecular weight excluding hydrogens is 522 g/mol. The quantitative estimate of drug-likeness (QED) is 0.479. The number of likely N-dealkylation sites (tertiary alicyclic amines) is 1. The van der Waals surface area contributed by atoms with E-state index in [0.717, 1.165) is 29.4 Å². The van der Waals surface area contributed by atoms with Crippen LogP contribution in [0.5, 0.6) is 0 Å². The van der Waals surface area contributed by atoms with Crippen LogP contribution in [0.3, 0.4) is 0 Å². The number of aromatic nitrogens is 2. The second-order valence-corrected chi connectivity index (χ2v) is 11.3. The fourth-order valence-corrected chi connectivity index (χ4v) is 4.56. The van der Waals surface area contributed by atoms with E-state index < -0.39 is 10.0 Å². The third-order valence-electron chi connectivity index (χ3n) is 5.86. The Kier molecular flexibility index (Phi) is 7.34. The highest BCUT2D eigenvalue weighted by atomic mass is 79.9. The normalized spacial score (nSPS) is 15.3. The van der Waals surface area contributed by atoms with Gasteiger partial charge in [-0.1, -0.05) is 27.2 Å². The van der Waals surface area contributed by atoms with Crippen LogP contribution in [-0.2, 0) is 21.4 Å². The number of benzene rings is 2. The van der Waals surface area contributed by atoms with Crippen molar-refractivity contribution >= 4 is 43.2 Å². The van der Waals surface area contributed by atoms with Gasteiger partial charge >= 0.3 is 0 Å². The Morgan fingerprint density at radius 1 is 1.21 bits per heavy atom. The van der Waals surface area contributed by atoms with Gasteiger partial charge < -0.3 is 9.84 Å². The zero-order valence-corrected chi connectivity index (χ0v) is 21.3. The molecule has 1 aliphatic heterocycles. The van der Waals surface area contributed by atoms with E-state index in [9.17, 15) is 13.2 Å². The average molecular weight is 548 g/mol. The number of amides is 1. The number of hydrogen-bond acceptors (Lipinski definition) is 7. The van der Waals surface area contributed by atoms with Crippen molar-refractivity contribution in [2.24, 2.45) is 5.92 Å². The van der Waals surface area contributed by atoms with Crippen molar-refractivity contribution in [1.82, 2.24) is 15.0 Å². The first-order chi connectivity index (χ1) is 16.2. The molecule has 3 aromatic rings. The molecule has 1 N–H and O–H groups in total. The van der Waals surface area contributed by atoms with Gasteiger partial charge in [0.05, 0.1) is 18.5 Å². The highest BCUT2D eigenvalue weighted by molar-refractivity contribution is 9.10. The average Bonchev–Trinajstić information content (AvgIpc) is 3.27. The first-order valence-electron chi connectivity index (χ1n) is 10.8. The van der Waals surface area contributed by atoms with Crippen LogP contribution in [0.1, 0.15) is 18.7 Å². The first-order valence-corrected chi connectivity index (χ1v) is 13.5. The van der Waals surface area contributed by atoms with Crippen molar-refractivity contribution in [3.05, 3.63) is 58.9 Å². The van der Waals surface area contributed by atoms with Crippen LogP contribution in [0.25, 0.3) is 11.4 Å². The molecule has 180 valence electrons. The van der Waals surface area contributed by atoms with Crippen LogP contribution >= 0.6 is 15.9 Å². The molecule has 1 aliphatic rings. The molecule has 0 atom stereocenters. The zero-order chi connectivity index (χ0) is 24.3. The molecule has 0 spiro atoms. The van der Waals surface area contributed by atoms with Gasteiger partial charge in [-0.2, -0.15) is 4.98 Å². The first kappa shape index (κ1) is 24.4. The Bertz CT molecular complexity index is 1250. The number of hydrogen-bond donors (Lipinski definition) is 1. The number of nitrogens with one attached hydrogen (secondary N) is 1. The van der Waals surface area contributed by atoms with Crippen molar-refractivity contribution in [1.29, 1.82) is 0 Å². The van der Waals surface area contributed by atoms with Crippen molar-refractivity contribution < 1.29 is 17.7 Å². The van der Waals surface area contributed by atoms with Gasteiger partial charge in [-0.15, -0.1) is 0 Å². The third-order valence-corrected chi connectivity index (χ3v) is 7.60. The van der Waals surface area contributed by atoms with Gasteiger partial charge in [0.1, 0.15) is 0 Å². The number of rotatable bonds is 7. The predicted molar refractivity (Wildman–Crippen MR) is 134 cm³/mol. The zero-order valence-electron chi connectivity index (χ0n) is 18.9. The summed E-state index contributed by atoms with van der Waals surface area (Å²) in [6.07, 6.45) is 2.56. The molecule has 0 aliphatic carbocycles. The molecule has 2 aromatic carbocycles. The Labute approximate surface area is 207 Å². The third kappa shape index (κ3) is 6.02. The smallest absolute Gasteiger partial charge is 0.241 e. The summed E-state index contributed by atoms with van der Waals surface area (Å²) in [5.74, 6) is 0.927. The summed E-state index contributed by atoms with van der Waals surface area (Å²) in [5, 5.41) is 7.00. The van der Waals surface area contributed by atoms with E-state index in [1.54, 1.807) is 24.3 Å². The van der Waals surface area contributed by atoms with E-state index in [1.807, 2.05) is 24.3 Å². The maximum atomic E-state index is 12.8. The molecule has 2 heterocycles. The van der Waals surface area contributed by atoms with Crippen LogP contribution in [0.2, 0.25) is 0 Å². The maximum absolute atomic E-state index is 12.8. The molecule has 1 aromatic heterocycles. The summed E-state index contributed by atoms with van der Waals surface area (Å²) in [7, 11) is -1.89. The summed E-state index contributed by atoms with van der Waals surface area (Å²) < 4.78 is 31.1. The fraction of sp³-hybridized carbons (Fsp3) is 0.348. The number of anilines is 2. The van der Waals surface area contributed by atoms with Gasteiger partial charge in [0.2, 0.25) is 27.6 Å². The van der Waals surface area contributed by atoms with E-state index in [4.69, 9.17) is 4.52 Å². The van der Waals surface area contributed by atoms with E-state index >= 15 is 0 Å². The maximum Gasteiger partial charge on any atom is 0.241 e. The van der Waals surface area contributed by atoms with E-state index in [-0.39, 0.29) is 11.8 Å². The molecule has 1 amide bonds. The number of piperidine rings is 1. The molecule has 0 bridgehead atoms. The van der Waals surface area contributed by atoms with E-state index in [1.165, 1.54) is 11.4 Å². The van der Waals surface area contributed by atoms with Gasteiger partial charge in [-0.25, -0.2) is 8.42 Å². The van der Waals surface area contributed by atoms with E-state index in [0.29, 0.717) is 42.5 Å². The van der Waals surface area contributed by atoms with Crippen molar-refractivity contribution in [2.75, 3.05) is 36.0 Å². The highest BCUT2D eigenvalue weighted by Crippen LogP contribution is 2.24. The fourth-order valence-electron chi connectivity index (χ4n) is 3.80.